The normalized spacial score (nSPS) is 11.5. The molecular weight excluding hydrogens is 476 g/mol. The summed E-state index contributed by atoms with van der Waals surface area (Å²) in [6.45, 7) is 4.61. The van der Waals surface area contributed by atoms with Crippen LogP contribution in [0.15, 0.2) is 53.2 Å². The van der Waals surface area contributed by atoms with Crippen molar-refractivity contribution in [3.63, 3.8) is 0 Å². The van der Waals surface area contributed by atoms with Crippen LogP contribution in [0.1, 0.15) is 23.6 Å². The van der Waals surface area contributed by atoms with Crippen LogP contribution in [0.5, 0.6) is 11.5 Å². The summed E-state index contributed by atoms with van der Waals surface area (Å²) in [7, 11) is -3.60. The molecule has 0 radical (unpaired) electrons. The summed E-state index contributed by atoms with van der Waals surface area (Å²) in [5.41, 5.74) is 2.50. The molecule has 3 aromatic rings. The molecule has 3 rings (SSSR count). The Balaban J connectivity index is 1.78. The minimum Gasteiger partial charge on any atom is -0.490 e. The molecule has 1 aromatic heterocycles. The summed E-state index contributed by atoms with van der Waals surface area (Å²) in [6, 6.07) is 14.9. The second-order valence-electron chi connectivity index (χ2n) is 7.20. The van der Waals surface area contributed by atoms with Crippen LogP contribution in [0.25, 0.3) is 6.08 Å². The number of carbonyl (C=O) groups excluding carboxylic acids is 1. The molecule has 11 heteroatoms. The molecule has 1 N–H and O–H groups in total. The molecule has 2 aromatic carbocycles. The van der Waals surface area contributed by atoms with E-state index in [1.807, 2.05) is 44.2 Å². The summed E-state index contributed by atoms with van der Waals surface area (Å²) in [5.74, 6) is 0.269. The standard InChI is InChI=1S/C23H22N4O5S2/c1-4-31-20-12-16(8-9-19(20)32-14-17-7-5-6-15(2)10-17)11-18(13-24)21(28)25-22-26-23(27-33-22)34(3,29)30/h5-12H,4,14H2,1-3H3,(H,25,26,27,28). The van der Waals surface area contributed by atoms with Gasteiger partial charge in [-0.1, -0.05) is 35.9 Å². The first-order valence-electron chi connectivity index (χ1n) is 10.1. The number of nitrogens with zero attached hydrogens (tertiary/aromatic N) is 3. The van der Waals surface area contributed by atoms with Crippen LogP contribution in [0.4, 0.5) is 5.13 Å². The molecule has 1 amide bonds. The third-order valence-electron chi connectivity index (χ3n) is 4.38. The van der Waals surface area contributed by atoms with Gasteiger partial charge in [-0.05, 0) is 43.2 Å². The Hall–Kier alpha value is -3.75. The topological polar surface area (TPSA) is 131 Å². The fourth-order valence-electron chi connectivity index (χ4n) is 2.86. The van der Waals surface area contributed by atoms with Crippen molar-refractivity contribution >= 4 is 38.5 Å². The van der Waals surface area contributed by atoms with Gasteiger partial charge in [-0.3, -0.25) is 10.1 Å². The summed E-state index contributed by atoms with van der Waals surface area (Å²) in [4.78, 5) is 16.3. The van der Waals surface area contributed by atoms with E-state index in [1.54, 1.807) is 18.2 Å². The minimum absolute atomic E-state index is 0.0264. The smallest absolute Gasteiger partial charge is 0.268 e. The highest BCUT2D eigenvalue weighted by molar-refractivity contribution is 7.90. The average Bonchev–Trinajstić information content (AvgIpc) is 3.26. The van der Waals surface area contributed by atoms with Gasteiger partial charge in [-0.25, -0.2) is 8.42 Å². The fourth-order valence-corrected chi connectivity index (χ4v) is 4.30. The Bertz CT molecular complexity index is 1370. The molecule has 0 bridgehead atoms. The van der Waals surface area contributed by atoms with Gasteiger partial charge in [0.15, 0.2) is 11.5 Å². The first-order valence-corrected chi connectivity index (χ1v) is 12.8. The number of sulfone groups is 1. The number of ether oxygens (including phenoxy) is 2. The van der Waals surface area contributed by atoms with Gasteiger partial charge >= 0.3 is 0 Å². The van der Waals surface area contributed by atoms with E-state index in [-0.39, 0.29) is 10.7 Å². The lowest BCUT2D eigenvalue weighted by atomic mass is 10.1. The van der Waals surface area contributed by atoms with E-state index in [2.05, 4.69) is 14.7 Å². The fraction of sp³-hybridized carbons (Fsp3) is 0.217. The van der Waals surface area contributed by atoms with Gasteiger partial charge in [0.2, 0.25) is 15.0 Å². The monoisotopic (exact) mass is 498 g/mol. The molecule has 0 atom stereocenters. The van der Waals surface area contributed by atoms with E-state index in [0.29, 0.717) is 41.8 Å². The van der Waals surface area contributed by atoms with Gasteiger partial charge in [0.1, 0.15) is 18.2 Å². The van der Waals surface area contributed by atoms with Crippen molar-refractivity contribution in [1.29, 1.82) is 5.26 Å². The number of rotatable bonds is 9. The predicted octanol–water partition coefficient (Wildman–Crippen LogP) is 3.77. The number of hydrogen-bond acceptors (Lipinski definition) is 9. The molecule has 0 fully saturated rings. The zero-order chi connectivity index (χ0) is 24.7. The molecule has 176 valence electrons. The zero-order valence-corrected chi connectivity index (χ0v) is 20.4. The molecule has 1 heterocycles. The first-order chi connectivity index (χ1) is 16.2. The zero-order valence-electron chi connectivity index (χ0n) is 18.7. The number of nitrogens with one attached hydrogen (secondary N) is 1. The number of nitriles is 1. The molecule has 0 aliphatic rings. The molecule has 0 aliphatic heterocycles. The molecule has 0 saturated carbocycles. The Morgan fingerprint density at radius 2 is 2.00 bits per heavy atom. The molecule has 0 spiro atoms. The Kier molecular flexibility index (Phi) is 7.99. The van der Waals surface area contributed by atoms with E-state index < -0.39 is 20.9 Å². The van der Waals surface area contributed by atoms with Gasteiger partial charge in [-0.2, -0.15) is 14.6 Å². The molecular formula is C23H22N4O5S2. The van der Waals surface area contributed by atoms with Crippen LogP contribution in [-0.2, 0) is 21.2 Å². The van der Waals surface area contributed by atoms with Gasteiger partial charge in [0.05, 0.1) is 6.61 Å². The second kappa shape index (κ2) is 10.9. The Labute approximate surface area is 201 Å². The quantitative estimate of drug-likeness (QED) is 0.348. The number of aryl methyl sites for hydroxylation is 1. The van der Waals surface area contributed by atoms with Crippen molar-refractivity contribution in [2.24, 2.45) is 0 Å². The van der Waals surface area contributed by atoms with E-state index in [1.165, 1.54) is 6.08 Å². The maximum Gasteiger partial charge on any atom is 0.268 e. The highest BCUT2D eigenvalue weighted by atomic mass is 32.2. The highest BCUT2D eigenvalue weighted by Crippen LogP contribution is 2.30. The molecule has 0 unspecified atom stereocenters. The Morgan fingerprint density at radius 1 is 1.21 bits per heavy atom. The third kappa shape index (κ3) is 6.63. The van der Waals surface area contributed by atoms with E-state index in [4.69, 9.17) is 9.47 Å². The largest absolute Gasteiger partial charge is 0.490 e. The maximum atomic E-state index is 12.5. The molecule has 34 heavy (non-hydrogen) atoms. The summed E-state index contributed by atoms with van der Waals surface area (Å²) in [6.07, 6.45) is 2.35. The van der Waals surface area contributed by atoms with Crippen molar-refractivity contribution in [3.8, 4) is 17.6 Å². The highest BCUT2D eigenvalue weighted by Gasteiger charge is 2.18. The van der Waals surface area contributed by atoms with E-state index in [0.717, 1.165) is 17.4 Å². The van der Waals surface area contributed by atoms with E-state index >= 15 is 0 Å². The Morgan fingerprint density at radius 3 is 2.65 bits per heavy atom. The van der Waals surface area contributed by atoms with Crippen molar-refractivity contribution in [2.45, 2.75) is 25.6 Å². The number of amides is 1. The lowest BCUT2D eigenvalue weighted by molar-refractivity contribution is -0.112. The molecule has 0 saturated heterocycles. The minimum atomic E-state index is -3.60. The van der Waals surface area contributed by atoms with Crippen LogP contribution < -0.4 is 14.8 Å². The van der Waals surface area contributed by atoms with Crippen LogP contribution in [0.2, 0.25) is 0 Å². The molecule has 0 aliphatic carbocycles. The second-order valence-corrected chi connectivity index (χ2v) is 9.86. The van der Waals surface area contributed by atoms with Gasteiger partial charge in [0, 0.05) is 17.8 Å². The summed E-state index contributed by atoms with van der Waals surface area (Å²) >= 11 is 0.709. The van der Waals surface area contributed by atoms with Crippen LogP contribution in [0.3, 0.4) is 0 Å². The number of hydrogen-bond donors (Lipinski definition) is 1. The van der Waals surface area contributed by atoms with Crippen molar-refractivity contribution in [2.75, 3.05) is 18.2 Å². The predicted molar refractivity (Wildman–Crippen MR) is 128 cm³/mol. The van der Waals surface area contributed by atoms with Crippen LogP contribution in [0, 0.1) is 18.3 Å². The summed E-state index contributed by atoms with van der Waals surface area (Å²) < 4.78 is 38.3. The van der Waals surface area contributed by atoms with Gasteiger partial charge in [-0.15, -0.1) is 0 Å². The lowest BCUT2D eigenvalue weighted by Gasteiger charge is -2.13. The number of carbonyl (C=O) groups is 1. The maximum absolute atomic E-state index is 12.5. The number of anilines is 1. The average molecular weight is 499 g/mol. The van der Waals surface area contributed by atoms with Crippen LogP contribution in [-0.4, -0.2) is 36.5 Å². The van der Waals surface area contributed by atoms with E-state index in [9.17, 15) is 18.5 Å². The molecule has 9 nitrogen and oxygen atoms in total. The third-order valence-corrected chi connectivity index (χ3v) is 5.97. The van der Waals surface area contributed by atoms with Gasteiger partial charge in [0.25, 0.3) is 11.1 Å². The van der Waals surface area contributed by atoms with Crippen molar-refractivity contribution in [1.82, 2.24) is 9.36 Å². The first kappa shape index (κ1) is 24.9. The number of benzene rings is 2. The van der Waals surface area contributed by atoms with Gasteiger partial charge < -0.3 is 9.47 Å². The van der Waals surface area contributed by atoms with Crippen molar-refractivity contribution in [3.05, 3.63) is 64.7 Å². The SMILES string of the molecule is CCOc1cc(C=C(C#N)C(=O)Nc2nc(S(C)(=O)=O)ns2)ccc1OCc1cccc(C)c1. The summed E-state index contributed by atoms with van der Waals surface area (Å²) in [5, 5.41) is 11.4. The van der Waals surface area contributed by atoms with Crippen molar-refractivity contribution < 1.29 is 22.7 Å². The van der Waals surface area contributed by atoms with Crippen LogP contribution >= 0.6 is 11.5 Å². The lowest BCUT2D eigenvalue weighted by Crippen LogP contribution is -2.13. The number of aromatic nitrogens is 2.